The van der Waals surface area contributed by atoms with Gasteiger partial charge in [0, 0.05) is 47.0 Å². The van der Waals surface area contributed by atoms with Gasteiger partial charge in [0.05, 0.1) is 50.1 Å². The zero-order chi connectivity index (χ0) is 57.5. The van der Waals surface area contributed by atoms with Crippen molar-refractivity contribution in [3.63, 3.8) is 0 Å². The van der Waals surface area contributed by atoms with Gasteiger partial charge in [-0.2, -0.15) is 0 Å². The van der Waals surface area contributed by atoms with Crippen LogP contribution in [0, 0.1) is 0 Å². The van der Waals surface area contributed by atoms with Crippen LogP contribution in [0.2, 0.25) is 0 Å². The van der Waals surface area contributed by atoms with Gasteiger partial charge in [-0.25, -0.2) is 0 Å². The van der Waals surface area contributed by atoms with Crippen LogP contribution in [0.4, 0.5) is 17.1 Å². The summed E-state index contributed by atoms with van der Waals surface area (Å²) in [6, 6.07) is -26.2. The van der Waals surface area contributed by atoms with E-state index in [0.29, 0.717) is 27.6 Å². The number of fused-ring (bicyclic) bond motifs is 7. The van der Waals surface area contributed by atoms with Gasteiger partial charge in [-0.05, 0) is 75.3 Å². The van der Waals surface area contributed by atoms with Gasteiger partial charge >= 0.3 is 0 Å². The maximum absolute atomic E-state index is 9.86. The Bertz CT molecular complexity index is 4450. The first-order chi connectivity index (χ1) is 36.4. The summed E-state index contributed by atoms with van der Waals surface area (Å²) in [7, 11) is 0. The summed E-state index contributed by atoms with van der Waals surface area (Å²) in [5.41, 5.74) is -6.06. The molecule has 0 saturated carbocycles. The van der Waals surface area contributed by atoms with Gasteiger partial charge in [0.1, 0.15) is 0 Å². The highest BCUT2D eigenvalue weighted by Crippen LogP contribution is 2.47. The van der Waals surface area contributed by atoms with Crippen molar-refractivity contribution in [1.82, 2.24) is 0 Å². The molecule has 8 aromatic carbocycles. The predicted octanol–water partition coefficient (Wildman–Crippen LogP) is 14.4. The maximum Gasteiger partial charge on any atom is 0.0660 e. The molecule has 0 radical (unpaired) electrons. The Morgan fingerprint density at radius 2 is 1.04 bits per heavy atom. The van der Waals surface area contributed by atoms with Crippen LogP contribution in [-0.2, 0) is 0 Å². The van der Waals surface area contributed by atoms with Crippen LogP contribution in [-0.4, -0.2) is 0 Å². The lowest BCUT2D eigenvalue weighted by molar-refractivity contribution is 1.31. The van der Waals surface area contributed by atoms with E-state index in [2.05, 4.69) is 0 Å². The number of rotatable bonds is 5. The molecule has 2 aromatic heterocycles. The molecule has 0 unspecified atom stereocenters. The number of anilines is 3. The van der Waals surface area contributed by atoms with E-state index in [1.807, 2.05) is 0 Å². The van der Waals surface area contributed by atoms with Crippen molar-refractivity contribution in [2.75, 3.05) is 4.90 Å². The molecule has 0 spiro atoms. The van der Waals surface area contributed by atoms with Crippen LogP contribution in [0.5, 0.6) is 0 Å². The average molecular weight is 689 g/mol. The Morgan fingerprint density at radius 3 is 1.86 bits per heavy atom. The van der Waals surface area contributed by atoms with Crippen LogP contribution in [0.3, 0.4) is 0 Å². The summed E-state index contributed by atoms with van der Waals surface area (Å²) in [6.45, 7) is 0. The van der Waals surface area contributed by atoms with Crippen molar-refractivity contribution >= 4 is 90.9 Å². The minimum Gasteiger partial charge on any atom is -0.309 e. The molecule has 0 amide bonds. The molecule has 1 nitrogen and oxygen atoms in total. The maximum atomic E-state index is 9.86. The molecule has 10 aromatic rings. The predicted molar refractivity (Wildman–Crippen MR) is 215 cm³/mol. The molecule has 2 heterocycles. The average Bonchev–Trinajstić information content (AvgIpc) is 4.20. The smallest absolute Gasteiger partial charge is 0.0660 e. The molecule has 0 atom stereocenters. The van der Waals surface area contributed by atoms with Crippen LogP contribution < -0.4 is 4.90 Å². The first-order valence-corrected chi connectivity index (χ1v) is 15.9. The largest absolute Gasteiger partial charge is 0.309 e. The molecule has 0 fully saturated rings. The van der Waals surface area contributed by atoms with Crippen molar-refractivity contribution in [3.05, 3.63) is 175 Å². The van der Waals surface area contributed by atoms with Crippen LogP contribution in [0.25, 0.3) is 73.4 Å². The minimum atomic E-state index is -1.21. The molecule has 0 saturated heterocycles. The van der Waals surface area contributed by atoms with Gasteiger partial charge in [0.15, 0.2) is 0 Å². The standard InChI is InChI=1S/C46H29NS2/c1-2-12-32(13-3-1)45-35-14-5-4-11-30(35)23-27-36(45)31-21-24-33(25-22-31)47(34-26-28-39-37-15-6-8-19-42(37)48-44(39)29-34)41-18-10-17-40-38-16-7-9-20-43(38)49-46(40)41/h1-29H/i1D,2D,3D,4D,5D,6D,7D,8D,9D,10D,11D,12D,13D,14D,15D,16D,17D,18D,19D,20D,21D,22D,23D,24D,25D,26D,27D,28D,29D. The van der Waals surface area contributed by atoms with E-state index >= 15 is 0 Å². The van der Waals surface area contributed by atoms with Gasteiger partial charge in [0.2, 0.25) is 0 Å². The van der Waals surface area contributed by atoms with Gasteiger partial charge < -0.3 is 4.90 Å². The highest BCUT2D eigenvalue weighted by molar-refractivity contribution is 7.26. The van der Waals surface area contributed by atoms with Crippen molar-refractivity contribution in [2.45, 2.75) is 0 Å². The van der Waals surface area contributed by atoms with Crippen LogP contribution in [0.1, 0.15) is 39.8 Å². The Hall–Kier alpha value is -5.74. The number of hydrogen-bond donors (Lipinski definition) is 0. The fourth-order valence-electron chi connectivity index (χ4n) is 5.47. The quantitative estimate of drug-likeness (QED) is 0.174. The Morgan fingerprint density at radius 1 is 0.408 bits per heavy atom. The summed E-state index contributed by atoms with van der Waals surface area (Å²) in [6.07, 6.45) is 0. The normalized spacial score (nSPS) is 20.0. The first kappa shape index (κ1) is 11.7. The Labute approximate surface area is 333 Å². The molecule has 3 heteroatoms. The molecule has 0 N–H and O–H groups in total. The van der Waals surface area contributed by atoms with Gasteiger partial charge in [-0.1, -0.05) is 133 Å². The topological polar surface area (TPSA) is 3.24 Å². The summed E-state index contributed by atoms with van der Waals surface area (Å²) in [4.78, 5) is 0.630. The molecular weight excluding hydrogens is 631 g/mol. The van der Waals surface area contributed by atoms with E-state index < -0.39 is 231 Å². The third kappa shape index (κ3) is 4.66. The Kier molecular flexibility index (Phi) is 2.73. The second-order valence-corrected chi connectivity index (χ2v) is 12.3. The number of benzene rings is 8. The van der Waals surface area contributed by atoms with Crippen molar-refractivity contribution in [1.29, 1.82) is 0 Å². The first-order valence-electron chi connectivity index (χ1n) is 28.7. The molecule has 10 rings (SSSR count). The Balaban J connectivity index is 1.44. The second kappa shape index (κ2) is 11.5. The third-order valence-electron chi connectivity index (χ3n) is 7.57. The van der Waals surface area contributed by atoms with E-state index in [1.54, 1.807) is 0 Å². The summed E-state index contributed by atoms with van der Waals surface area (Å²) >= 11 is 1.12. The minimum absolute atomic E-state index is 0.159. The summed E-state index contributed by atoms with van der Waals surface area (Å²) in [5, 5.41) is -2.67. The lowest BCUT2D eigenvalue weighted by Gasteiger charge is -2.26. The summed E-state index contributed by atoms with van der Waals surface area (Å²) < 4.78 is 260. The molecule has 0 aliphatic rings. The lowest BCUT2D eigenvalue weighted by atomic mass is 9.90. The molecular formula is C46H29NS2. The zero-order valence-electron chi connectivity index (χ0n) is 53.3. The summed E-state index contributed by atoms with van der Waals surface area (Å²) in [5.74, 6) is 0. The second-order valence-electron chi connectivity index (χ2n) is 10.3. The van der Waals surface area contributed by atoms with Gasteiger partial charge in [0.25, 0.3) is 0 Å². The third-order valence-corrected chi connectivity index (χ3v) is 9.71. The van der Waals surface area contributed by atoms with E-state index in [9.17, 15) is 12.3 Å². The van der Waals surface area contributed by atoms with Gasteiger partial charge in [-0.15, -0.1) is 22.7 Å². The molecule has 0 bridgehead atoms. The van der Waals surface area contributed by atoms with Crippen molar-refractivity contribution in [2.24, 2.45) is 0 Å². The molecule has 0 aliphatic carbocycles. The number of thiophene rings is 2. The highest BCUT2D eigenvalue weighted by Gasteiger charge is 2.20. The van der Waals surface area contributed by atoms with Crippen LogP contribution >= 0.6 is 22.7 Å². The van der Waals surface area contributed by atoms with E-state index in [-0.39, 0.29) is 35.0 Å². The van der Waals surface area contributed by atoms with Crippen LogP contribution in [0.15, 0.2) is 175 Å². The van der Waals surface area contributed by atoms with E-state index in [4.69, 9.17) is 27.4 Å². The SMILES string of the molecule is [2H]c1c([2H])c([2H])c(-c2c(-c3c([2H])c([2H])c(N(c4c([2H])c([2H])c5c(sc6c([2H])c([2H])c([2H])c([2H])c65)c4[2H])c4c([2H])c([2H])c([2H])c5c4sc4c([2H])c([2H])c([2H])c([2H])c45)c([2H])c3[2H])c([2H])c([2H])c3c([2H])c([2H])c([2H])c([2H])c23)c([2H])c1[2H]. The van der Waals surface area contributed by atoms with E-state index in [0.717, 1.165) is 0 Å². The zero-order valence-corrected chi connectivity index (χ0v) is 25.9. The van der Waals surface area contributed by atoms with Crippen molar-refractivity contribution in [3.8, 4) is 22.3 Å². The number of hydrogen-bond acceptors (Lipinski definition) is 3. The molecule has 0 aliphatic heterocycles. The lowest BCUT2D eigenvalue weighted by Crippen LogP contribution is -2.10. The molecule has 230 valence electrons. The van der Waals surface area contributed by atoms with Crippen molar-refractivity contribution < 1.29 is 39.8 Å². The molecule has 49 heavy (non-hydrogen) atoms. The van der Waals surface area contributed by atoms with E-state index in [1.165, 1.54) is 0 Å². The monoisotopic (exact) mass is 688 g/mol. The highest BCUT2D eigenvalue weighted by atomic mass is 32.1. The number of nitrogens with zero attached hydrogens (tertiary/aromatic N) is 1. The van der Waals surface area contributed by atoms with Gasteiger partial charge in [-0.3, -0.25) is 0 Å². The fourth-order valence-corrected chi connectivity index (χ4v) is 7.49. The fraction of sp³-hybridized carbons (Fsp3) is 0.